The third kappa shape index (κ3) is 3.48. The van der Waals surface area contributed by atoms with Gasteiger partial charge in [0.25, 0.3) is 0 Å². The molecule has 0 aromatic heterocycles. The number of halogens is 1. The summed E-state index contributed by atoms with van der Waals surface area (Å²) in [6, 6.07) is 6.96. The Balaban J connectivity index is 0.00000242. The SMILES string of the molecule is CCOC(=O)c1cccc(N2C(N)=NC(N)=NC2(C)C)c1.[Cl-]. The molecule has 1 heterocycles. The summed E-state index contributed by atoms with van der Waals surface area (Å²) < 4.78 is 5.00. The molecule has 0 amide bonds. The van der Waals surface area contributed by atoms with E-state index in [0.29, 0.717) is 17.9 Å². The Morgan fingerprint density at radius 1 is 1.36 bits per heavy atom. The van der Waals surface area contributed by atoms with Gasteiger partial charge < -0.3 is 28.6 Å². The molecule has 2 rings (SSSR count). The first-order chi connectivity index (χ1) is 9.85. The summed E-state index contributed by atoms with van der Waals surface area (Å²) in [5, 5.41) is 0. The second-order valence-corrected chi connectivity index (χ2v) is 5.04. The molecule has 7 nitrogen and oxygen atoms in total. The van der Waals surface area contributed by atoms with Gasteiger partial charge in [-0.2, -0.15) is 4.99 Å². The first kappa shape index (κ1) is 17.8. The number of rotatable bonds is 3. The summed E-state index contributed by atoms with van der Waals surface area (Å²) in [5.41, 5.74) is 12.1. The Morgan fingerprint density at radius 2 is 2.05 bits per heavy atom. The highest BCUT2D eigenvalue weighted by atomic mass is 35.5. The van der Waals surface area contributed by atoms with Gasteiger partial charge in [0, 0.05) is 5.69 Å². The molecule has 0 radical (unpaired) electrons. The van der Waals surface area contributed by atoms with Crippen molar-refractivity contribution in [1.29, 1.82) is 0 Å². The van der Waals surface area contributed by atoms with Crippen LogP contribution in [0.2, 0.25) is 0 Å². The van der Waals surface area contributed by atoms with Crippen LogP contribution in [0.15, 0.2) is 34.3 Å². The van der Waals surface area contributed by atoms with Crippen molar-refractivity contribution in [2.75, 3.05) is 11.5 Å². The van der Waals surface area contributed by atoms with Crippen molar-refractivity contribution in [2.45, 2.75) is 26.4 Å². The number of guanidine groups is 2. The molecule has 1 aromatic rings. The lowest BCUT2D eigenvalue weighted by Gasteiger charge is -2.38. The standard InChI is InChI=1S/C14H19N5O2.ClH/c1-4-21-11(20)9-6-5-7-10(8-9)19-13(16)17-12(15)18-14(19,2)3;/h5-8H,4H2,1-3H3,(H4,15,16,17,18);1H/p-1. The van der Waals surface area contributed by atoms with Crippen molar-refractivity contribution in [3.63, 3.8) is 0 Å². The first-order valence-electron chi connectivity index (χ1n) is 6.62. The van der Waals surface area contributed by atoms with E-state index in [4.69, 9.17) is 16.2 Å². The molecule has 1 aromatic carbocycles. The molecule has 0 bridgehead atoms. The molecular formula is C14H19ClN5O2-. The van der Waals surface area contributed by atoms with Crippen LogP contribution in [0.5, 0.6) is 0 Å². The smallest absolute Gasteiger partial charge is 0.338 e. The molecule has 0 spiro atoms. The highest BCUT2D eigenvalue weighted by Crippen LogP contribution is 2.28. The molecule has 0 atom stereocenters. The molecule has 8 heteroatoms. The lowest BCUT2D eigenvalue weighted by Crippen LogP contribution is -3.00. The van der Waals surface area contributed by atoms with Crippen LogP contribution in [0.1, 0.15) is 31.1 Å². The molecule has 0 saturated heterocycles. The van der Waals surface area contributed by atoms with E-state index < -0.39 is 5.66 Å². The second-order valence-electron chi connectivity index (χ2n) is 5.04. The van der Waals surface area contributed by atoms with Crippen LogP contribution in [0, 0.1) is 0 Å². The van der Waals surface area contributed by atoms with Crippen LogP contribution >= 0.6 is 0 Å². The largest absolute Gasteiger partial charge is 1.00 e. The minimum Gasteiger partial charge on any atom is -1.00 e. The van der Waals surface area contributed by atoms with E-state index in [0.717, 1.165) is 0 Å². The van der Waals surface area contributed by atoms with Crippen LogP contribution < -0.4 is 28.8 Å². The normalized spacial score (nSPS) is 16.2. The van der Waals surface area contributed by atoms with Crippen LogP contribution in [0.4, 0.5) is 5.69 Å². The number of ether oxygens (including phenoxy) is 1. The number of carbonyl (C=O) groups is 1. The van der Waals surface area contributed by atoms with E-state index in [9.17, 15) is 4.79 Å². The lowest BCUT2D eigenvalue weighted by atomic mass is 10.1. The van der Waals surface area contributed by atoms with Crippen LogP contribution in [0.25, 0.3) is 0 Å². The van der Waals surface area contributed by atoms with Crippen molar-refractivity contribution in [3.8, 4) is 0 Å². The van der Waals surface area contributed by atoms with E-state index in [2.05, 4.69) is 9.98 Å². The zero-order valence-corrected chi connectivity index (χ0v) is 13.5. The quantitative estimate of drug-likeness (QED) is 0.629. The Kier molecular flexibility index (Phi) is 5.38. The zero-order chi connectivity index (χ0) is 15.6. The number of esters is 1. The van der Waals surface area contributed by atoms with Gasteiger partial charge in [-0.3, -0.25) is 4.90 Å². The Morgan fingerprint density at radius 3 is 2.64 bits per heavy atom. The summed E-state index contributed by atoms with van der Waals surface area (Å²) in [7, 11) is 0. The fourth-order valence-electron chi connectivity index (χ4n) is 2.24. The van der Waals surface area contributed by atoms with Crippen LogP contribution in [0.3, 0.4) is 0 Å². The van der Waals surface area contributed by atoms with Gasteiger partial charge in [0.15, 0.2) is 0 Å². The molecule has 0 saturated carbocycles. The minimum absolute atomic E-state index is 0. The zero-order valence-electron chi connectivity index (χ0n) is 12.7. The summed E-state index contributed by atoms with van der Waals surface area (Å²) in [6.45, 7) is 5.80. The number of benzene rings is 1. The lowest BCUT2D eigenvalue weighted by molar-refractivity contribution is -0.0000232. The van der Waals surface area contributed by atoms with Gasteiger partial charge in [-0.15, -0.1) is 0 Å². The molecule has 0 unspecified atom stereocenters. The first-order valence-corrected chi connectivity index (χ1v) is 6.62. The summed E-state index contributed by atoms with van der Waals surface area (Å²) in [4.78, 5) is 21.8. The average Bonchev–Trinajstić information content (AvgIpc) is 2.37. The molecule has 1 aliphatic rings. The Bertz CT molecular complexity index is 627. The van der Waals surface area contributed by atoms with Gasteiger partial charge in [-0.1, -0.05) is 6.07 Å². The monoisotopic (exact) mass is 324 g/mol. The molecule has 120 valence electrons. The summed E-state index contributed by atoms with van der Waals surface area (Å²) in [6.07, 6.45) is 0. The van der Waals surface area contributed by atoms with Crippen molar-refractivity contribution in [3.05, 3.63) is 29.8 Å². The molecule has 22 heavy (non-hydrogen) atoms. The third-order valence-corrected chi connectivity index (χ3v) is 3.01. The number of nitrogens with zero attached hydrogens (tertiary/aromatic N) is 3. The molecule has 1 aliphatic heterocycles. The maximum Gasteiger partial charge on any atom is 0.338 e. The minimum atomic E-state index is -0.691. The average molecular weight is 325 g/mol. The van der Waals surface area contributed by atoms with E-state index >= 15 is 0 Å². The topological polar surface area (TPSA) is 106 Å². The third-order valence-electron chi connectivity index (χ3n) is 3.01. The van der Waals surface area contributed by atoms with Crippen LogP contribution in [-0.2, 0) is 4.74 Å². The fraction of sp³-hybridized carbons (Fsp3) is 0.357. The van der Waals surface area contributed by atoms with Crippen molar-refractivity contribution in [1.82, 2.24) is 0 Å². The van der Waals surface area contributed by atoms with E-state index in [1.54, 1.807) is 30.0 Å². The van der Waals surface area contributed by atoms with Crippen molar-refractivity contribution >= 4 is 23.6 Å². The Labute approximate surface area is 135 Å². The van der Waals surface area contributed by atoms with E-state index in [1.807, 2.05) is 19.9 Å². The van der Waals surface area contributed by atoms with Crippen molar-refractivity contribution in [2.24, 2.45) is 21.5 Å². The van der Waals surface area contributed by atoms with E-state index in [-0.39, 0.29) is 30.3 Å². The van der Waals surface area contributed by atoms with Gasteiger partial charge in [0.2, 0.25) is 11.9 Å². The number of hydrogen-bond acceptors (Lipinski definition) is 7. The number of nitrogens with two attached hydrogens (primary N) is 2. The highest BCUT2D eigenvalue weighted by molar-refractivity contribution is 6.06. The highest BCUT2D eigenvalue weighted by Gasteiger charge is 2.33. The maximum atomic E-state index is 11.8. The summed E-state index contributed by atoms with van der Waals surface area (Å²) in [5.74, 6) is -0.0171. The molecule has 0 fully saturated rings. The summed E-state index contributed by atoms with van der Waals surface area (Å²) >= 11 is 0. The van der Waals surface area contributed by atoms with Gasteiger partial charge in [0.05, 0.1) is 12.2 Å². The molecular weight excluding hydrogens is 306 g/mol. The predicted octanol–water partition coefficient (Wildman–Crippen LogP) is -1.95. The van der Waals surface area contributed by atoms with Gasteiger partial charge in [0.1, 0.15) is 5.66 Å². The number of aliphatic imine (C=N–C) groups is 2. The van der Waals surface area contributed by atoms with Crippen LogP contribution in [-0.4, -0.2) is 30.2 Å². The fourth-order valence-corrected chi connectivity index (χ4v) is 2.24. The van der Waals surface area contributed by atoms with E-state index in [1.165, 1.54) is 0 Å². The number of anilines is 1. The molecule has 4 N–H and O–H groups in total. The Hall–Kier alpha value is -2.28. The second kappa shape index (κ2) is 6.65. The maximum absolute atomic E-state index is 11.8. The van der Waals surface area contributed by atoms with Crippen molar-refractivity contribution < 1.29 is 21.9 Å². The van der Waals surface area contributed by atoms with Gasteiger partial charge in [-0.25, -0.2) is 9.79 Å². The number of carbonyl (C=O) groups excluding carboxylic acids is 1. The molecule has 0 aliphatic carbocycles. The van der Waals surface area contributed by atoms with Gasteiger partial charge >= 0.3 is 5.97 Å². The van der Waals surface area contributed by atoms with Gasteiger partial charge in [-0.05, 0) is 39.0 Å². The number of hydrogen-bond donors (Lipinski definition) is 2. The predicted molar refractivity (Wildman–Crippen MR) is 82.2 cm³/mol.